The van der Waals surface area contributed by atoms with E-state index in [1.54, 1.807) is 0 Å². The summed E-state index contributed by atoms with van der Waals surface area (Å²) in [5.74, 6) is 0.301. The topological polar surface area (TPSA) is 35.8 Å². The third-order valence-corrected chi connectivity index (χ3v) is 2.99. The van der Waals surface area contributed by atoms with Crippen LogP contribution in [0.1, 0.15) is 46.0 Å². The van der Waals surface area contributed by atoms with Crippen LogP contribution in [0.2, 0.25) is 0 Å². The maximum absolute atomic E-state index is 8.82. The minimum atomic E-state index is 0.301. The molecule has 1 rings (SSSR count). The zero-order chi connectivity index (χ0) is 9.68. The number of hydrogen-bond acceptors (Lipinski definition) is 2. The minimum Gasteiger partial charge on any atom is -0.311 e. The maximum atomic E-state index is 8.82. The van der Waals surface area contributed by atoms with E-state index < -0.39 is 0 Å². The van der Waals surface area contributed by atoms with E-state index in [4.69, 9.17) is 5.26 Å². The minimum absolute atomic E-state index is 0.301. The van der Waals surface area contributed by atoms with Crippen molar-refractivity contribution in [2.24, 2.45) is 5.92 Å². The highest BCUT2D eigenvalue weighted by Crippen LogP contribution is 2.23. The zero-order valence-corrected chi connectivity index (χ0v) is 8.71. The second-order valence-corrected chi connectivity index (χ2v) is 4.17. The first-order valence-electron chi connectivity index (χ1n) is 5.42. The van der Waals surface area contributed by atoms with Crippen molar-refractivity contribution in [1.82, 2.24) is 5.32 Å². The van der Waals surface area contributed by atoms with Crippen molar-refractivity contribution in [1.29, 1.82) is 5.26 Å². The van der Waals surface area contributed by atoms with E-state index in [0.717, 1.165) is 12.8 Å². The van der Waals surface area contributed by atoms with Crippen LogP contribution in [0, 0.1) is 17.2 Å². The van der Waals surface area contributed by atoms with E-state index in [0.29, 0.717) is 18.0 Å². The van der Waals surface area contributed by atoms with Gasteiger partial charge in [-0.2, -0.15) is 5.26 Å². The summed E-state index contributed by atoms with van der Waals surface area (Å²) in [4.78, 5) is 0. The Morgan fingerprint density at radius 3 is 2.92 bits per heavy atom. The fraction of sp³-hybridized carbons (Fsp3) is 0.909. The van der Waals surface area contributed by atoms with Crippen LogP contribution in [0.5, 0.6) is 0 Å². The summed E-state index contributed by atoms with van der Waals surface area (Å²) in [6, 6.07) is 3.58. The quantitative estimate of drug-likeness (QED) is 0.724. The molecule has 0 amide bonds. The predicted octanol–water partition coefficient (Wildman–Crippen LogP) is 2.46. The zero-order valence-electron chi connectivity index (χ0n) is 8.71. The highest BCUT2D eigenvalue weighted by atomic mass is 14.9. The number of nitrogens with zero attached hydrogens (tertiary/aromatic N) is 1. The van der Waals surface area contributed by atoms with Crippen molar-refractivity contribution >= 4 is 0 Å². The summed E-state index contributed by atoms with van der Waals surface area (Å²) in [5, 5.41) is 12.4. The second-order valence-electron chi connectivity index (χ2n) is 4.17. The molecule has 1 aliphatic carbocycles. The lowest BCUT2D eigenvalue weighted by Gasteiger charge is -2.28. The molecule has 13 heavy (non-hydrogen) atoms. The lowest BCUT2D eigenvalue weighted by molar-refractivity contribution is 0.304. The number of hydrogen-bond donors (Lipinski definition) is 1. The Hall–Kier alpha value is -0.550. The molecule has 0 aromatic rings. The molecule has 1 fully saturated rings. The van der Waals surface area contributed by atoms with Gasteiger partial charge in [0.1, 0.15) is 0 Å². The summed E-state index contributed by atoms with van der Waals surface area (Å²) < 4.78 is 0. The third-order valence-electron chi connectivity index (χ3n) is 2.99. The molecule has 3 unspecified atom stereocenters. The molecule has 0 bridgehead atoms. The molecule has 2 nitrogen and oxygen atoms in total. The lowest BCUT2D eigenvalue weighted by Crippen LogP contribution is -2.39. The van der Waals surface area contributed by atoms with Gasteiger partial charge in [-0.05, 0) is 32.6 Å². The van der Waals surface area contributed by atoms with Gasteiger partial charge in [0, 0.05) is 18.0 Å². The van der Waals surface area contributed by atoms with Gasteiger partial charge in [0.2, 0.25) is 0 Å². The van der Waals surface area contributed by atoms with Crippen LogP contribution >= 0.6 is 0 Å². The standard InChI is InChI=1S/C11H20N2/c1-3-9(2)13-11-6-4-5-10(7-11)8-12/h9-11,13H,3-7H2,1-2H3. The summed E-state index contributed by atoms with van der Waals surface area (Å²) in [5.41, 5.74) is 0. The van der Waals surface area contributed by atoms with Gasteiger partial charge in [-0.1, -0.05) is 13.3 Å². The average molecular weight is 180 g/mol. The van der Waals surface area contributed by atoms with Crippen molar-refractivity contribution in [2.45, 2.75) is 58.0 Å². The Kier molecular flexibility index (Phi) is 4.24. The lowest BCUT2D eigenvalue weighted by atomic mass is 9.86. The first-order valence-corrected chi connectivity index (χ1v) is 5.42. The van der Waals surface area contributed by atoms with Crippen molar-refractivity contribution in [3.63, 3.8) is 0 Å². The van der Waals surface area contributed by atoms with Gasteiger partial charge in [-0.25, -0.2) is 0 Å². The molecule has 0 aliphatic heterocycles. The molecule has 74 valence electrons. The molecule has 0 heterocycles. The summed E-state index contributed by atoms with van der Waals surface area (Å²) in [6.45, 7) is 4.41. The average Bonchev–Trinajstić information content (AvgIpc) is 2.18. The van der Waals surface area contributed by atoms with Gasteiger partial charge in [-0.3, -0.25) is 0 Å². The van der Waals surface area contributed by atoms with Crippen molar-refractivity contribution in [3.05, 3.63) is 0 Å². The summed E-state index contributed by atoms with van der Waals surface area (Å²) in [7, 11) is 0. The van der Waals surface area contributed by atoms with Gasteiger partial charge in [0.15, 0.2) is 0 Å². The normalized spacial score (nSPS) is 30.8. The molecule has 0 aromatic heterocycles. The van der Waals surface area contributed by atoms with E-state index in [1.807, 2.05) is 0 Å². The summed E-state index contributed by atoms with van der Waals surface area (Å²) >= 11 is 0. The number of nitriles is 1. The van der Waals surface area contributed by atoms with E-state index in [9.17, 15) is 0 Å². The van der Waals surface area contributed by atoms with Gasteiger partial charge < -0.3 is 5.32 Å². The monoisotopic (exact) mass is 180 g/mol. The van der Waals surface area contributed by atoms with Crippen LogP contribution < -0.4 is 5.32 Å². The molecular weight excluding hydrogens is 160 g/mol. The molecule has 3 atom stereocenters. The van der Waals surface area contributed by atoms with Gasteiger partial charge >= 0.3 is 0 Å². The SMILES string of the molecule is CCC(C)NC1CCCC(C#N)C1. The molecule has 0 spiro atoms. The molecule has 0 saturated heterocycles. The van der Waals surface area contributed by atoms with E-state index in [1.165, 1.54) is 19.3 Å². The largest absolute Gasteiger partial charge is 0.311 e. The highest BCUT2D eigenvalue weighted by molar-refractivity contribution is 4.90. The van der Waals surface area contributed by atoms with Crippen molar-refractivity contribution < 1.29 is 0 Å². The van der Waals surface area contributed by atoms with Crippen LogP contribution in [0.15, 0.2) is 0 Å². The smallest absolute Gasteiger partial charge is 0.0656 e. The highest BCUT2D eigenvalue weighted by Gasteiger charge is 2.21. The molecule has 2 heteroatoms. The first kappa shape index (κ1) is 10.5. The van der Waals surface area contributed by atoms with E-state index in [2.05, 4.69) is 25.2 Å². The van der Waals surface area contributed by atoms with Crippen LogP contribution in [0.25, 0.3) is 0 Å². The number of rotatable bonds is 3. The Balaban J connectivity index is 2.30. The van der Waals surface area contributed by atoms with Gasteiger partial charge in [-0.15, -0.1) is 0 Å². The van der Waals surface area contributed by atoms with Crippen molar-refractivity contribution in [3.8, 4) is 6.07 Å². The van der Waals surface area contributed by atoms with Crippen molar-refractivity contribution in [2.75, 3.05) is 0 Å². The molecule has 0 aromatic carbocycles. The molecule has 1 N–H and O–H groups in total. The molecule has 0 radical (unpaired) electrons. The van der Waals surface area contributed by atoms with Crippen LogP contribution in [-0.2, 0) is 0 Å². The fourth-order valence-electron chi connectivity index (χ4n) is 1.98. The van der Waals surface area contributed by atoms with E-state index >= 15 is 0 Å². The van der Waals surface area contributed by atoms with Gasteiger partial charge in [0.05, 0.1) is 6.07 Å². The number of nitrogens with one attached hydrogen (secondary N) is 1. The molecular formula is C11H20N2. The third kappa shape index (κ3) is 3.36. The predicted molar refractivity (Wildman–Crippen MR) is 54.2 cm³/mol. The Labute approximate surface area is 81.3 Å². The van der Waals surface area contributed by atoms with Crippen LogP contribution in [-0.4, -0.2) is 12.1 Å². The Morgan fingerprint density at radius 1 is 1.54 bits per heavy atom. The Morgan fingerprint density at radius 2 is 2.31 bits per heavy atom. The van der Waals surface area contributed by atoms with Crippen LogP contribution in [0.4, 0.5) is 0 Å². The first-order chi connectivity index (χ1) is 6.26. The van der Waals surface area contributed by atoms with Crippen LogP contribution in [0.3, 0.4) is 0 Å². The second kappa shape index (κ2) is 5.24. The van der Waals surface area contributed by atoms with E-state index in [-0.39, 0.29) is 0 Å². The summed E-state index contributed by atoms with van der Waals surface area (Å²) in [6.07, 6.45) is 5.80. The maximum Gasteiger partial charge on any atom is 0.0656 e. The molecule has 1 aliphatic rings. The fourth-order valence-corrected chi connectivity index (χ4v) is 1.98. The molecule has 1 saturated carbocycles. The Bertz CT molecular complexity index is 183. The van der Waals surface area contributed by atoms with Gasteiger partial charge in [0.25, 0.3) is 0 Å².